The van der Waals surface area contributed by atoms with Crippen molar-refractivity contribution in [2.24, 2.45) is 0 Å². The van der Waals surface area contributed by atoms with Gasteiger partial charge in [0.2, 0.25) is 0 Å². The van der Waals surface area contributed by atoms with Gasteiger partial charge in [-0.15, -0.1) is 0 Å². The highest BCUT2D eigenvalue weighted by molar-refractivity contribution is 5.47. The van der Waals surface area contributed by atoms with E-state index in [0.717, 1.165) is 302 Å². The molecule has 0 radical (unpaired) electrons. The van der Waals surface area contributed by atoms with Crippen molar-refractivity contribution in [2.45, 2.75) is 156 Å². The Bertz CT molecular complexity index is 3860. The Morgan fingerprint density at radius 1 is 0.167 bits per heavy atom. The van der Waals surface area contributed by atoms with Crippen LogP contribution in [0.3, 0.4) is 0 Å². The zero-order chi connectivity index (χ0) is 103. The Hall–Kier alpha value is -6.84. The van der Waals surface area contributed by atoms with Gasteiger partial charge in [-0.05, 0) is 452 Å². The fraction of sp³-hybridized carbons (Fsp3) is 0.667. The van der Waals surface area contributed by atoms with Crippen LogP contribution in [0.25, 0.3) is 0 Å². The third-order valence-corrected chi connectivity index (χ3v) is 22.1. The van der Waals surface area contributed by atoms with E-state index in [1.165, 1.54) is 16.7 Å². The highest BCUT2D eigenvalue weighted by Gasteiger charge is 2.17. The van der Waals surface area contributed by atoms with Gasteiger partial charge in [0.25, 0.3) is 0 Å². The van der Waals surface area contributed by atoms with Crippen LogP contribution < -0.4 is 53.2 Å². The number of nitrogens with one attached hydrogen (secondary N) is 10. The van der Waals surface area contributed by atoms with Crippen molar-refractivity contribution in [3.63, 3.8) is 0 Å². The van der Waals surface area contributed by atoms with Gasteiger partial charge in [-0.2, -0.15) is 0 Å². The molecular formula is C108H204N24O6. The standard InChI is InChI=1S/C24H48N6O.C21H41N5O.2C18H34N4O.C15H27N3O.C12H20N2O/c1-28(2)13-7-10-25-18-21-16-22(19-26-11-8-14-29(3)4)24(31)23(17-21)20-27-12-9-15-30(5)6;1-24(2)11-7-9-22-15-19-13-18(17-26(5)6)14-20(21(19)27)16-23-10-8-12-25(3)4;1-20(2)9-7-8-19-12-16-10-15(13-21(3)4)11-17(18(16)23)14-22(5)6;1-21(2)12-6-10-19-14-16-8-5-9-17(18(16)23)15-20-11-7-13-22(3)4;1-17(2)10-6-9-16-11-13-7-5-8-14(15(13)19)12-18(3)4;1-14(2)9-5-8-13-10-11-6-3-4-7-12(11)15/h16-17,25-27,31H,7-15,18-20H2,1-6H3;13-14,22-23,27H,7-12,15-17H2,1-6H3;10-11,19,23H,7-9,12-14H2,1-6H3;5,8-9,19-20,23H,6-7,10-15H2,1-4H3;5,7-8,16,19H,6,9-12H2,1-4H3;3-4,6-7,13,15H,5,8-10H2,1-2H3. The maximum absolute atomic E-state index is 10.9. The number of nitrogens with zero attached hydrogens (tertiary/aromatic N) is 14. The first-order valence-electron chi connectivity index (χ1n) is 50.6. The molecule has 0 aromatic heterocycles. The predicted molar refractivity (Wildman–Crippen MR) is 587 cm³/mol. The quantitative estimate of drug-likeness (QED) is 0.0159. The molecule has 0 bridgehead atoms. The summed E-state index contributed by atoms with van der Waals surface area (Å²) in [4.78, 5) is 30.3. The summed E-state index contributed by atoms with van der Waals surface area (Å²) in [5.41, 5.74) is 14.5. The van der Waals surface area contributed by atoms with E-state index in [0.29, 0.717) is 80.3 Å². The Morgan fingerprint density at radius 2 is 0.341 bits per heavy atom. The first kappa shape index (κ1) is 129. The molecule has 0 fully saturated rings. The topological polar surface area (TPSA) is 287 Å². The normalized spacial score (nSPS) is 11.7. The first-order chi connectivity index (χ1) is 65.6. The van der Waals surface area contributed by atoms with Crippen molar-refractivity contribution in [3.05, 3.63) is 175 Å². The molecule has 792 valence electrons. The Labute approximate surface area is 841 Å². The van der Waals surface area contributed by atoms with Crippen molar-refractivity contribution < 1.29 is 30.6 Å². The van der Waals surface area contributed by atoms with Crippen LogP contribution in [0.1, 0.15) is 142 Å². The highest BCUT2D eigenvalue weighted by atomic mass is 16.3. The van der Waals surface area contributed by atoms with Crippen molar-refractivity contribution in [3.8, 4) is 34.5 Å². The lowest BCUT2D eigenvalue weighted by Gasteiger charge is -2.18. The highest BCUT2D eigenvalue weighted by Crippen LogP contribution is 2.30. The number of benzene rings is 6. The number of phenolic OH excluding ortho intramolecular Hbond substituents is 6. The first-order valence-corrected chi connectivity index (χ1v) is 50.6. The van der Waals surface area contributed by atoms with E-state index < -0.39 is 0 Å². The molecule has 0 aliphatic carbocycles. The van der Waals surface area contributed by atoms with Gasteiger partial charge in [-0.25, -0.2) is 0 Å². The van der Waals surface area contributed by atoms with E-state index in [1.807, 2.05) is 82.8 Å². The maximum atomic E-state index is 10.9. The van der Waals surface area contributed by atoms with Crippen LogP contribution in [-0.2, 0) is 91.6 Å². The molecule has 0 saturated heterocycles. The van der Waals surface area contributed by atoms with Crippen molar-refractivity contribution >= 4 is 0 Å². The summed E-state index contributed by atoms with van der Waals surface area (Å²) in [6, 6.07) is 32.2. The zero-order valence-electron chi connectivity index (χ0n) is 92.3. The molecule has 0 amide bonds. The van der Waals surface area contributed by atoms with Crippen molar-refractivity contribution in [1.29, 1.82) is 0 Å². The number of aromatic hydroxyl groups is 6. The van der Waals surface area contributed by atoms with Gasteiger partial charge < -0.3 is 152 Å². The lowest BCUT2D eigenvalue weighted by molar-refractivity contribution is 0.378. The molecule has 0 heterocycles. The van der Waals surface area contributed by atoms with Crippen LogP contribution in [-0.4, -0.2) is 427 Å². The van der Waals surface area contributed by atoms with Gasteiger partial charge in [0, 0.05) is 153 Å². The van der Waals surface area contributed by atoms with Gasteiger partial charge >= 0.3 is 0 Å². The molecular weight excluding hydrogens is 1730 g/mol. The average molecular weight is 1930 g/mol. The molecule has 0 spiro atoms. The smallest absolute Gasteiger partial charge is 0.124 e. The second kappa shape index (κ2) is 79.6. The molecule has 0 saturated carbocycles. The van der Waals surface area contributed by atoms with Crippen LogP contribution in [0, 0.1) is 0 Å². The number of phenols is 6. The molecule has 0 atom stereocenters. The van der Waals surface area contributed by atoms with E-state index in [9.17, 15) is 30.6 Å². The van der Waals surface area contributed by atoms with Crippen molar-refractivity contribution in [1.82, 2.24) is 122 Å². The Kier molecular flexibility index (Phi) is 74.5. The number of hydrogen-bond acceptors (Lipinski definition) is 30. The minimum absolute atomic E-state index is 0.373. The largest absolute Gasteiger partial charge is 0.508 e. The van der Waals surface area contributed by atoms with Crippen LogP contribution >= 0.6 is 0 Å². The van der Waals surface area contributed by atoms with E-state index in [4.69, 9.17) is 0 Å². The lowest BCUT2D eigenvalue weighted by atomic mass is 10.0. The second-order valence-electron chi connectivity index (χ2n) is 40.6. The molecule has 30 heteroatoms. The summed E-state index contributed by atoms with van der Waals surface area (Å²) in [6.45, 7) is 30.9. The molecule has 0 aliphatic heterocycles. The third kappa shape index (κ3) is 68.4. The van der Waals surface area contributed by atoms with Crippen LogP contribution in [0.4, 0.5) is 0 Å². The molecule has 30 nitrogen and oxygen atoms in total. The predicted octanol–water partition coefficient (Wildman–Crippen LogP) is 9.01. The molecule has 16 N–H and O–H groups in total. The SMILES string of the molecule is CN(C)CCCNCc1cc(CN(C)C)cc(CN(C)C)c1O.CN(C)CCCNCc1cc(CN(C)C)cc(CNCCCN(C)C)c1O.CN(C)CCCNCc1cc(CNCCCN(C)C)c(O)c(CNCCCN(C)C)c1.CN(C)CCCNCc1cccc(CN(C)C)c1O.CN(C)CCCNCc1cccc(CNCCCN(C)C)c1O.CN(C)CCCNCc1ccccc1O. The fourth-order valence-electron chi connectivity index (χ4n) is 14.9. The van der Waals surface area contributed by atoms with E-state index in [1.54, 1.807) is 6.07 Å². The van der Waals surface area contributed by atoms with Gasteiger partial charge in [-0.3, -0.25) is 0 Å². The van der Waals surface area contributed by atoms with Crippen LogP contribution in [0.15, 0.2) is 97.1 Å². The number of rotatable bonds is 68. The zero-order valence-corrected chi connectivity index (χ0v) is 92.3. The average Bonchev–Trinajstić information content (AvgIpc) is 0.833. The molecule has 0 unspecified atom stereocenters. The molecule has 6 aromatic rings. The fourth-order valence-corrected chi connectivity index (χ4v) is 14.9. The van der Waals surface area contributed by atoms with Gasteiger partial charge in [0.05, 0.1) is 0 Å². The van der Waals surface area contributed by atoms with E-state index in [-0.39, 0.29) is 0 Å². The number of para-hydroxylation sites is 3. The summed E-state index contributed by atoms with van der Waals surface area (Å²) in [5.74, 6) is 2.51. The van der Waals surface area contributed by atoms with Gasteiger partial charge in [-0.1, -0.05) is 54.6 Å². The molecule has 6 aromatic carbocycles. The summed E-state index contributed by atoms with van der Waals surface area (Å²) < 4.78 is 0. The monoisotopic (exact) mass is 1930 g/mol. The number of hydrogen-bond donors (Lipinski definition) is 16. The summed E-state index contributed by atoms with van der Waals surface area (Å²) in [5, 5.41) is 96.6. The summed E-state index contributed by atoms with van der Waals surface area (Å²) >= 11 is 0. The third-order valence-electron chi connectivity index (χ3n) is 22.1. The van der Waals surface area contributed by atoms with Crippen LogP contribution in [0.5, 0.6) is 34.5 Å². The lowest BCUT2D eigenvalue weighted by Crippen LogP contribution is -2.23. The Balaban J connectivity index is 0.000000838. The minimum atomic E-state index is 0.373. The minimum Gasteiger partial charge on any atom is -0.508 e. The van der Waals surface area contributed by atoms with Gasteiger partial charge in [0.1, 0.15) is 34.5 Å². The van der Waals surface area contributed by atoms with Crippen LogP contribution in [0.2, 0.25) is 0 Å². The second-order valence-corrected chi connectivity index (χ2v) is 40.6. The molecule has 0 aliphatic rings. The molecule has 138 heavy (non-hydrogen) atoms. The van der Waals surface area contributed by atoms with E-state index in [2.05, 4.69) is 327 Å². The molecule has 6 rings (SSSR count). The van der Waals surface area contributed by atoms with E-state index >= 15 is 0 Å². The summed E-state index contributed by atoms with van der Waals surface area (Å²) in [7, 11) is 58.1. The van der Waals surface area contributed by atoms with Crippen molar-refractivity contribution in [2.75, 3.05) is 328 Å². The Morgan fingerprint density at radius 3 is 0.580 bits per heavy atom. The summed E-state index contributed by atoms with van der Waals surface area (Å²) in [6.07, 6.45) is 11.1. The maximum Gasteiger partial charge on any atom is 0.124 e. The van der Waals surface area contributed by atoms with Gasteiger partial charge in [0.15, 0.2) is 0 Å².